The molecule has 0 radical (unpaired) electrons. The number of nitrogens with one attached hydrogen (secondary N) is 1. The minimum Gasteiger partial charge on any atom is -0.476 e. The van der Waals surface area contributed by atoms with Crippen molar-refractivity contribution in [3.63, 3.8) is 0 Å². The number of anilines is 2. The highest BCUT2D eigenvalue weighted by atomic mass is 16.4. The molecule has 1 aromatic carbocycles. The first-order chi connectivity index (χ1) is 17.3. The van der Waals surface area contributed by atoms with Gasteiger partial charge in [0.1, 0.15) is 11.7 Å². The van der Waals surface area contributed by atoms with Crippen molar-refractivity contribution in [3.05, 3.63) is 98.2 Å². The first kappa shape index (κ1) is 23.1. The monoisotopic (exact) mass is 480 g/mol. The highest BCUT2D eigenvalue weighted by molar-refractivity contribution is 5.92. The molecule has 3 aromatic heterocycles. The molecule has 180 valence electrons. The maximum Gasteiger partial charge on any atom is 0.356 e. The number of carboxylic acid groups (broad SMARTS) is 1. The molecule has 1 atom stereocenters. The van der Waals surface area contributed by atoms with E-state index in [-0.39, 0.29) is 11.3 Å². The Balaban J connectivity index is 1.63. The van der Waals surface area contributed by atoms with Crippen LogP contribution in [-0.2, 0) is 13.1 Å². The van der Waals surface area contributed by atoms with Crippen molar-refractivity contribution in [3.8, 4) is 6.07 Å². The number of hydrogen-bond acceptors (Lipinski definition) is 7. The Labute approximate surface area is 207 Å². The van der Waals surface area contributed by atoms with Gasteiger partial charge in [-0.15, -0.1) is 0 Å². The lowest BCUT2D eigenvalue weighted by Gasteiger charge is -2.22. The summed E-state index contributed by atoms with van der Waals surface area (Å²) in [7, 11) is 0. The SMILES string of the molecule is Cc1cc([C@@H](C)Nc2ccc(C)nc2C(=O)O)c2nc(N3Cc4ccccc4C3)c(C#N)c(=O)n2c1. The van der Waals surface area contributed by atoms with Gasteiger partial charge in [-0.25, -0.2) is 14.8 Å². The minimum absolute atomic E-state index is 0.00614. The highest BCUT2D eigenvalue weighted by Gasteiger charge is 2.26. The summed E-state index contributed by atoms with van der Waals surface area (Å²) in [5, 5.41) is 22.7. The molecule has 2 N–H and O–H groups in total. The number of nitrogens with zero attached hydrogens (tertiary/aromatic N) is 5. The first-order valence-corrected chi connectivity index (χ1v) is 11.5. The van der Waals surface area contributed by atoms with Gasteiger partial charge in [0.2, 0.25) is 0 Å². The third-order valence-corrected chi connectivity index (χ3v) is 6.40. The summed E-state index contributed by atoms with van der Waals surface area (Å²) in [6.07, 6.45) is 1.67. The quantitative estimate of drug-likeness (QED) is 0.440. The lowest BCUT2D eigenvalue weighted by atomic mass is 10.1. The third-order valence-electron chi connectivity index (χ3n) is 6.40. The highest BCUT2D eigenvalue weighted by Crippen LogP contribution is 2.30. The normalized spacial score (nSPS) is 13.3. The van der Waals surface area contributed by atoms with Gasteiger partial charge in [-0.3, -0.25) is 9.20 Å². The Morgan fingerprint density at radius 2 is 1.83 bits per heavy atom. The molecular weight excluding hydrogens is 456 g/mol. The Bertz CT molecular complexity index is 1610. The van der Waals surface area contributed by atoms with Gasteiger partial charge in [0.05, 0.1) is 11.7 Å². The van der Waals surface area contributed by atoms with E-state index >= 15 is 0 Å². The summed E-state index contributed by atoms with van der Waals surface area (Å²) < 4.78 is 1.40. The average Bonchev–Trinajstić information content (AvgIpc) is 3.29. The van der Waals surface area contributed by atoms with Gasteiger partial charge in [-0.1, -0.05) is 24.3 Å². The van der Waals surface area contributed by atoms with Crippen LogP contribution in [0.2, 0.25) is 0 Å². The fourth-order valence-corrected chi connectivity index (χ4v) is 4.67. The lowest BCUT2D eigenvalue weighted by Crippen LogP contribution is -2.27. The molecule has 9 nitrogen and oxygen atoms in total. The molecule has 0 saturated heterocycles. The van der Waals surface area contributed by atoms with Crippen LogP contribution in [0.15, 0.2) is 53.5 Å². The van der Waals surface area contributed by atoms with E-state index in [0.717, 1.165) is 16.7 Å². The van der Waals surface area contributed by atoms with Crippen LogP contribution in [0, 0.1) is 25.2 Å². The predicted molar refractivity (Wildman–Crippen MR) is 135 cm³/mol. The van der Waals surface area contributed by atoms with Crippen molar-refractivity contribution in [2.75, 3.05) is 10.2 Å². The molecule has 0 aliphatic carbocycles. The van der Waals surface area contributed by atoms with Crippen LogP contribution >= 0.6 is 0 Å². The van der Waals surface area contributed by atoms with Crippen LogP contribution in [0.4, 0.5) is 11.5 Å². The number of aromatic nitrogens is 3. The van der Waals surface area contributed by atoms with Crippen LogP contribution < -0.4 is 15.8 Å². The maximum absolute atomic E-state index is 13.4. The van der Waals surface area contributed by atoms with E-state index in [1.807, 2.05) is 49.1 Å². The summed E-state index contributed by atoms with van der Waals surface area (Å²) in [6.45, 7) is 6.57. The van der Waals surface area contributed by atoms with Crippen molar-refractivity contribution in [2.24, 2.45) is 0 Å². The zero-order chi connectivity index (χ0) is 25.6. The van der Waals surface area contributed by atoms with Crippen LogP contribution in [0.3, 0.4) is 0 Å². The molecule has 0 amide bonds. The Morgan fingerprint density at radius 1 is 1.14 bits per heavy atom. The molecule has 0 saturated carbocycles. The van der Waals surface area contributed by atoms with Gasteiger partial charge in [0.15, 0.2) is 17.1 Å². The molecule has 1 aliphatic heterocycles. The van der Waals surface area contributed by atoms with Crippen molar-refractivity contribution < 1.29 is 9.90 Å². The molecular formula is C27H24N6O3. The third kappa shape index (κ3) is 3.92. The second-order valence-electron chi connectivity index (χ2n) is 9.04. The van der Waals surface area contributed by atoms with Gasteiger partial charge in [-0.2, -0.15) is 5.26 Å². The van der Waals surface area contributed by atoms with Crippen molar-refractivity contribution in [1.29, 1.82) is 5.26 Å². The number of nitriles is 1. The molecule has 0 spiro atoms. The van der Waals surface area contributed by atoms with Gasteiger partial charge in [0.25, 0.3) is 5.56 Å². The minimum atomic E-state index is -1.13. The summed E-state index contributed by atoms with van der Waals surface area (Å²) in [5.74, 6) is -0.786. The number of hydrogen-bond donors (Lipinski definition) is 2. The number of aromatic carboxylic acids is 1. The Hall–Kier alpha value is -4.71. The molecule has 36 heavy (non-hydrogen) atoms. The largest absolute Gasteiger partial charge is 0.476 e. The first-order valence-electron chi connectivity index (χ1n) is 11.5. The van der Waals surface area contributed by atoms with Crippen LogP contribution in [0.1, 0.15) is 57.0 Å². The predicted octanol–water partition coefficient (Wildman–Crippen LogP) is 3.97. The maximum atomic E-state index is 13.4. The van der Waals surface area contributed by atoms with Gasteiger partial charge >= 0.3 is 5.97 Å². The van der Waals surface area contributed by atoms with E-state index in [1.54, 1.807) is 25.3 Å². The number of aryl methyl sites for hydroxylation is 2. The van der Waals surface area contributed by atoms with Crippen molar-refractivity contribution >= 4 is 23.1 Å². The molecule has 4 heterocycles. The number of benzene rings is 1. The molecule has 4 aromatic rings. The smallest absolute Gasteiger partial charge is 0.356 e. The van der Waals surface area contributed by atoms with E-state index in [4.69, 9.17) is 4.98 Å². The average molecular weight is 481 g/mol. The fourth-order valence-electron chi connectivity index (χ4n) is 4.67. The summed E-state index contributed by atoms with van der Waals surface area (Å²) in [5.41, 5.74) is 4.63. The summed E-state index contributed by atoms with van der Waals surface area (Å²) in [6, 6.07) is 15.0. The van der Waals surface area contributed by atoms with E-state index in [0.29, 0.717) is 41.5 Å². The van der Waals surface area contributed by atoms with Gasteiger partial charge in [0, 0.05) is 30.5 Å². The number of pyridine rings is 2. The van der Waals surface area contributed by atoms with Gasteiger partial charge in [-0.05, 0) is 55.7 Å². The summed E-state index contributed by atoms with van der Waals surface area (Å²) in [4.78, 5) is 36.1. The van der Waals surface area contributed by atoms with E-state index in [1.165, 1.54) is 4.40 Å². The van der Waals surface area contributed by atoms with Crippen molar-refractivity contribution in [2.45, 2.75) is 39.9 Å². The van der Waals surface area contributed by atoms with Crippen LogP contribution in [0.5, 0.6) is 0 Å². The molecule has 0 unspecified atom stereocenters. The van der Waals surface area contributed by atoms with E-state index < -0.39 is 17.6 Å². The molecule has 5 rings (SSSR count). The van der Waals surface area contributed by atoms with Crippen molar-refractivity contribution in [1.82, 2.24) is 14.4 Å². The molecule has 9 heteroatoms. The summed E-state index contributed by atoms with van der Waals surface area (Å²) >= 11 is 0. The second kappa shape index (κ2) is 8.82. The molecule has 1 aliphatic rings. The van der Waals surface area contributed by atoms with Gasteiger partial charge < -0.3 is 15.3 Å². The van der Waals surface area contributed by atoms with Crippen LogP contribution in [-0.4, -0.2) is 25.4 Å². The second-order valence-corrected chi connectivity index (χ2v) is 9.04. The molecule has 0 fully saturated rings. The number of carboxylic acids is 1. The Morgan fingerprint density at radius 3 is 2.47 bits per heavy atom. The number of carbonyl (C=O) groups is 1. The fraction of sp³-hybridized carbons (Fsp3) is 0.222. The number of rotatable bonds is 5. The Kier molecular flexibility index (Phi) is 5.65. The topological polar surface area (TPSA) is 124 Å². The van der Waals surface area contributed by atoms with E-state index in [9.17, 15) is 20.0 Å². The standard InChI is InChI=1S/C27H24N6O3/c1-15-10-20(17(3)30-22-9-8-16(2)29-23(22)27(35)36)25-31-24(21(11-28)26(34)33(25)12-15)32-13-18-6-4-5-7-19(18)14-32/h4-10,12,17,30H,13-14H2,1-3H3,(H,35,36)/t17-/m1/s1. The lowest BCUT2D eigenvalue weighted by molar-refractivity contribution is 0.0691. The number of fused-ring (bicyclic) bond motifs is 2. The zero-order valence-corrected chi connectivity index (χ0v) is 20.1. The zero-order valence-electron chi connectivity index (χ0n) is 20.1. The van der Waals surface area contributed by atoms with E-state index in [2.05, 4.69) is 16.4 Å². The van der Waals surface area contributed by atoms with Crippen LogP contribution in [0.25, 0.3) is 5.65 Å². The molecule has 0 bridgehead atoms.